The Balaban J connectivity index is 1.51. The number of H-pyrrole nitrogens is 1. The lowest BCUT2D eigenvalue weighted by molar-refractivity contribution is 0.340. The second-order valence-corrected chi connectivity index (χ2v) is 6.10. The molecule has 0 radical (unpaired) electrons. The van der Waals surface area contributed by atoms with Gasteiger partial charge in [-0.05, 0) is 42.8 Å². The van der Waals surface area contributed by atoms with E-state index in [2.05, 4.69) is 20.6 Å². The molecule has 0 aliphatic rings. The van der Waals surface area contributed by atoms with Crippen molar-refractivity contribution in [3.05, 3.63) is 74.8 Å². The number of nitrogens with one attached hydrogen (secondary N) is 3. The van der Waals surface area contributed by atoms with Gasteiger partial charge in [0.2, 0.25) is 0 Å². The molecule has 1 heterocycles. The third-order valence-electron chi connectivity index (χ3n) is 4.28. The van der Waals surface area contributed by atoms with Crippen molar-refractivity contribution in [2.45, 2.75) is 13.5 Å². The van der Waals surface area contributed by atoms with Gasteiger partial charge in [-0.3, -0.25) is 9.59 Å². The zero-order valence-electron chi connectivity index (χ0n) is 14.7. The molecule has 0 saturated carbocycles. The number of benzene rings is 2. The maximum absolute atomic E-state index is 12.0. The van der Waals surface area contributed by atoms with Crippen molar-refractivity contribution in [1.82, 2.24) is 9.97 Å². The van der Waals surface area contributed by atoms with Gasteiger partial charge in [0.1, 0.15) is 17.1 Å². The van der Waals surface area contributed by atoms with Crippen molar-refractivity contribution >= 4 is 28.1 Å². The summed E-state index contributed by atoms with van der Waals surface area (Å²) in [6, 6.07) is 13.1. The molecule has 0 aliphatic heterocycles. The molecule has 4 rings (SSSR count). The van der Waals surface area contributed by atoms with Gasteiger partial charge in [-0.1, -0.05) is 12.1 Å². The smallest absolute Gasteiger partial charge is 0.253 e. The Morgan fingerprint density at radius 3 is 2.78 bits per heavy atom. The molecule has 3 aromatic carbocycles. The SMILES string of the molecule is CCOc1cccc(CNc2c(Nc3ccc4nc[nH]c4c3)c(=O)c2=O)c1. The fraction of sp³-hybridized carbons (Fsp3) is 0.150. The first kappa shape index (κ1) is 16.8. The summed E-state index contributed by atoms with van der Waals surface area (Å²) < 4.78 is 5.48. The standard InChI is InChI=1S/C20H18N4O3/c1-2-27-14-5-3-4-12(8-14)10-21-17-18(20(26)19(17)25)24-13-6-7-15-16(9-13)23-11-22-15/h3-9,11,21,24H,2,10H2,1H3,(H,22,23). The second-order valence-electron chi connectivity index (χ2n) is 6.10. The Morgan fingerprint density at radius 1 is 1.07 bits per heavy atom. The highest BCUT2D eigenvalue weighted by Gasteiger charge is 2.21. The fourth-order valence-corrected chi connectivity index (χ4v) is 2.94. The van der Waals surface area contributed by atoms with E-state index < -0.39 is 10.9 Å². The van der Waals surface area contributed by atoms with Gasteiger partial charge in [-0.2, -0.15) is 0 Å². The van der Waals surface area contributed by atoms with E-state index in [1.54, 1.807) is 6.33 Å². The Bertz CT molecular complexity index is 1170. The lowest BCUT2D eigenvalue weighted by atomic mass is 10.1. The van der Waals surface area contributed by atoms with Crippen LogP contribution in [0.5, 0.6) is 5.75 Å². The minimum Gasteiger partial charge on any atom is -0.494 e. The van der Waals surface area contributed by atoms with Gasteiger partial charge in [-0.15, -0.1) is 0 Å². The highest BCUT2D eigenvalue weighted by Crippen LogP contribution is 2.24. The van der Waals surface area contributed by atoms with Crippen LogP contribution in [0.4, 0.5) is 17.1 Å². The highest BCUT2D eigenvalue weighted by molar-refractivity contribution is 5.84. The molecule has 7 nitrogen and oxygen atoms in total. The molecule has 0 fully saturated rings. The summed E-state index contributed by atoms with van der Waals surface area (Å²) in [4.78, 5) is 31.1. The Morgan fingerprint density at radius 2 is 1.93 bits per heavy atom. The number of anilines is 3. The number of imidazole rings is 1. The lowest BCUT2D eigenvalue weighted by Gasteiger charge is -2.15. The summed E-state index contributed by atoms with van der Waals surface area (Å²) >= 11 is 0. The molecule has 0 aliphatic carbocycles. The van der Waals surface area contributed by atoms with Gasteiger partial charge < -0.3 is 20.4 Å². The predicted octanol–water partition coefficient (Wildman–Crippen LogP) is 2.91. The third kappa shape index (κ3) is 3.27. The third-order valence-corrected chi connectivity index (χ3v) is 4.28. The average Bonchev–Trinajstić information content (AvgIpc) is 3.15. The number of rotatable bonds is 7. The number of ether oxygens (including phenoxy) is 1. The maximum atomic E-state index is 12.0. The monoisotopic (exact) mass is 362 g/mol. The maximum Gasteiger partial charge on any atom is 0.253 e. The Labute approximate surface area is 154 Å². The van der Waals surface area contributed by atoms with Crippen LogP contribution < -0.4 is 26.2 Å². The van der Waals surface area contributed by atoms with E-state index in [-0.39, 0.29) is 5.69 Å². The largest absolute Gasteiger partial charge is 0.494 e. The number of nitrogens with zero attached hydrogens (tertiary/aromatic N) is 1. The van der Waals surface area contributed by atoms with Crippen molar-refractivity contribution in [2.75, 3.05) is 17.2 Å². The number of aromatic nitrogens is 2. The van der Waals surface area contributed by atoms with Crippen molar-refractivity contribution < 1.29 is 4.74 Å². The van der Waals surface area contributed by atoms with Crippen molar-refractivity contribution in [1.29, 1.82) is 0 Å². The summed E-state index contributed by atoms with van der Waals surface area (Å²) in [6.45, 7) is 2.93. The molecule has 0 bridgehead atoms. The van der Waals surface area contributed by atoms with E-state index in [4.69, 9.17) is 4.74 Å². The van der Waals surface area contributed by atoms with E-state index in [0.29, 0.717) is 24.5 Å². The van der Waals surface area contributed by atoms with Gasteiger partial charge >= 0.3 is 0 Å². The number of hydrogen-bond donors (Lipinski definition) is 3. The zero-order chi connectivity index (χ0) is 18.8. The molecule has 136 valence electrons. The molecule has 0 unspecified atom stereocenters. The van der Waals surface area contributed by atoms with Crippen LogP contribution in [0.3, 0.4) is 0 Å². The molecule has 3 N–H and O–H groups in total. The van der Waals surface area contributed by atoms with Crippen molar-refractivity contribution in [2.24, 2.45) is 0 Å². The molecule has 7 heteroatoms. The van der Waals surface area contributed by atoms with E-state index >= 15 is 0 Å². The summed E-state index contributed by atoms with van der Waals surface area (Å²) in [5.41, 5.74) is 2.88. The zero-order valence-corrected chi connectivity index (χ0v) is 14.7. The molecule has 0 atom stereocenters. The van der Waals surface area contributed by atoms with Crippen LogP contribution in [0.25, 0.3) is 11.0 Å². The average molecular weight is 362 g/mol. The van der Waals surface area contributed by atoms with Gasteiger partial charge in [0, 0.05) is 12.2 Å². The molecule has 27 heavy (non-hydrogen) atoms. The molecule has 1 aromatic heterocycles. The van der Waals surface area contributed by atoms with Gasteiger partial charge in [0.25, 0.3) is 10.9 Å². The van der Waals surface area contributed by atoms with Crippen LogP contribution in [0.15, 0.2) is 58.4 Å². The summed E-state index contributed by atoms with van der Waals surface area (Å²) in [7, 11) is 0. The topological polar surface area (TPSA) is 96.1 Å². The quantitative estimate of drug-likeness (QED) is 0.438. The molecule has 0 saturated heterocycles. The first-order valence-electron chi connectivity index (χ1n) is 8.65. The van der Waals surface area contributed by atoms with Gasteiger partial charge in [0.15, 0.2) is 0 Å². The summed E-state index contributed by atoms with van der Waals surface area (Å²) in [5.74, 6) is 0.771. The fourth-order valence-electron chi connectivity index (χ4n) is 2.94. The Kier molecular flexibility index (Phi) is 4.33. The second kappa shape index (κ2) is 6.95. The van der Waals surface area contributed by atoms with E-state index in [1.165, 1.54) is 0 Å². The minimum atomic E-state index is -0.523. The molecule has 0 amide bonds. The van der Waals surface area contributed by atoms with Gasteiger partial charge in [-0.25, -0.2) is 4.98 Å². The summed E-state index contributed by atoms with van der Waals surface area (Å²) in [6.07, 6.45) is 1.61. The normalized spacial score (nSPS) is 11.0. The number of hydrogen-bond acceptors (Lipinski definition) is 6. The molecule has 0 spiro atoms. The van der Waals surface area contributed by atoms with Crippen LogP contribution in [-0.2, 0) is 6.54 Å². The van der Waals surface area contributed by atoms with Crippen molar-refractivity contribution in [3.63, 3.8) is 0 Å². The molecule has 4 aromatic rings. The van der Waals surface area contributed by atoms with Crippen LogP contribution in [0, 0.1) is 0 Å². The lowest BCUT2D eigenvalue weighted by Crippen LogP contribution is -2.36. The van der Waals surface area contributed by atoms with E-state index in [1.807, 2.05) is 49.4 Å². The van der Waals surface area contributed by atoms with Crippen LogP contribution in [0.2, 0.25) is 0 Å². The highest BCUT2D eigenvalue weighted by atomic mass is 16.5. The van der Waals surface area contributed by atoms with Crippen LogP contribution in [0.1, 0.15) is 12.5 Å². The van der Waals surface area contributed by atoms with E-state index in [0.717, 1.165) is 22.3 Å². The van der Waals surface area contributed by atoms with Crippen LogP contribution in [-0.4, -0.2) is 16.6 Å². The van der Waals surface area contributed by atoms with Crippen molar-refractivity contribution in [3.8, 4) is 5.75 Å². The van der Waals surface area contributed by atoms with E-state index in [9.17, 15) is 9.59 Å². The molecular weight excluding hydrogens is 344 g/mol. The van der Waals surface area contributed by atoms with Gasteiger partial charge in [0.05, 0.1) is 24.0 Å². The number of aromatic amines is 1. The van der Waals surface area contributed by atoms with Crippen LogP contribution >= 0.6 is 0 Å². The summed E-state index contributed by atoms with van der Waals surface area (Å²) in [5, 5.41) is 6.09. The number of fused-ring (bicyclic) bond motifs is 1. The molecular formula is C20H18N4O3. The first-order valence-corrected chi connectivity index (χ1v) is 8.65. The Hall–Kier alpha value is -3.61. The predicted molar refractivity (Wildman–Crippen MR) is 106 cm³/mol. The minimum absolute atomic E-state index is 0.278. The first-order chi connectivity index (χ1) is 13.2.